The maximum Gasteiger partial charge on any atom is 0.128 e. The van der Waals surface area contributed by atoms with E-state index in [0.29, 0.717) is 31.6 Å². The van der Waals surface area contributed by atoms with Gasteiger partial charge >= 0.3 is 0 Å². The van der Waals surface area contributed by atoms with E-state index in [1.807, 2.05) is 4.90 Å². The molecule has 1 aromatic rings. The van der Waals surface area contributed by atoms with E-state index in [1.54, 1.807) is 12.1 Å². The first kappa shape index (κ1) is 11.0. The molecule has 1 saturated heterocycles. The van der Waals surface area contributed by atoms with E-state index in [0.717, 1.165) is 4.47 Å². The molecule has 1 aromatic carbocycles. The second-order valence-electron chi connectivity index (χ2n) is 3.82. The monoisotopic (exact) mass is 275 g/mol. The zero-order valence-corrected chi connectivity index (χ0v) is 9.80. The molecule has 0 N–H and O–H groups in total. The van der Waals surface area contributed by atoms with Gasteiger partial charge in [0.1, 0.15) is 12.0 Å². The van der Waals surface area contributed by atoms with E-state index in [9.17, 15) is 8.78 Å². The Balaban J connectivity index is 2.10. The summed E-state index contributed by atoms with van der Waals surface area (Å²) in [6.07, 6.45) is -0.193. The summed E-state index contributed by atoms with van der Waals surface area (Å²) in [6, 6.07) is 4.90. The van der Waals surface area contributed by atoms with Gasteiger partial charge in [0.25, 0.3) is 0 Å². The Morgan fingerprint density at radius 1 is 1.47 bits per heavy atom. The topological polar surface area (TPSA) is 3.24 Å². The summed E-state index contributed by atoms with van der Waals surface area (Å²) in [4.78, 5) is 1.94. The molecule has 0 amide bonds. The SMILES string of the molecule is Fc1cccc(Br)c1CN1CC[C@H](F)C1. The van der Waals surface area contributed by atoms with Gasteiger partial charge in [-0.1, -0.05) is 22.0 Å². The summed E-state index contributed by atoms with van der Waals surface area (Å²) in [7, 11) is 0. The predicted octanol–water partition coefficient (Wildman–Crippen LogP) is 3.13. The van der Waals surface area contributed by atoms with Crippen LogP contribution in [0, 0.1) is 5.82 Å². The van der Waals surface area contributed by atoms with Gasteiger partial charge in [-0.25, -0.2) is 8.78 Å². The molecule has 0 radical (unpaired) electrons. The number of hydrogen-bond acceptors (Lipinski definition) is 1. The number of nitrogens with zero attached hydrogens (tertiary/aromatic N) is 1. The van der Waals surface area contributed by atoms with Crippen LogP contribution in [0.2, 0.25) is 0 Å². The molecule has 4 heteroatoms. The van der Waals surface area contributed by atoms with Crippen LogP contribution in [-0.2, 0) is 6.54 Å². The molecule has 1 heterocycles. The van der Waals surface area contributed by atoms with Crippen LogP contribution < -0.4 is 0 Å². The van der Waals surface area contributed by atoms with E-state index in [4.69, 9.17) is 0 Å². The van der Waals surface area contributed by atoms with E-state index in [2.05, 4.69) is 15.9 Å². The maximum atomic E-state index is 13.5. The molecule has 0 unspecified atom stereocenters. The summed E-state index contributed by atoms with van der Waals surface area (Å²) in [5.41, 5.74) is 0.617. The van der Waals surface area contributed by atoms with Crippen molar-refractivity contribution in [3.63, 3.8) is 0 Å². The van der Waals surface area contributed by atoms with Gasteiger partial charge in [-0.2, -0.15) is 0 Å². The van der Waals surface area contributed by atoms with Gasteiger partial charge < -0.3 is 0 Å². The quantitative estimate of drug-likeness (QED) is 0.802. The molecule has 1 nitrogen and oxygen atoms in total. The van der Waals surface area contributed by atoms with Crippen LogP contribution >= 0.6 is 15.9 Å². The Kier molecular flexibility index (Phi) is 3.36. The average Bonchev–Trinajstić information content (AvgIpc) is 2.58. The second kappa shape index (κ2) is 4.58. The fourth-order valence-corrected chi connectivity index (χ4v) is 2.30. The highest BCUT2D eigenvalue weighted by molar-refractivity contribution is 9.10. The van der Waals surface area contributed by atoms with Crippen molar-refractivity contribution in [2.75, 3.05) is 13.1 Å². The third-order valence-electron chi connectivity index (χ3n) is 2.66. The fraction of sp³-hybridized carbons (Fsp3) is 0.455. The number of likely N-dealkylation sites (tertiary alicyclic amines) is 1. The lowest BCUT2D eigenvalue weighted by molar-refractivity contribution is 0.279. The van der Waals surface area contributed by atoms with Crippen LogP contribution in [0.4, 0.5) is 8.78 Å². The molecule has 0 spiro atoms. The minimum atomic E-state index is -0.754. The lowest BCUT2D eigenvalue weighted by atomic mass is 10.2. The van der Waals surface area contributed by atoms with Crippen molar-refractivity contribution in [2.45, 2.75) is 19.1 Å². The number of hydrogen-bond donors (Lipinski definition) is 0. The number of halogens is 3. The summed E-state index contributed by atoms with van der Waals surface area (Å²) in [6.45, 7) is 1.61. The molecule has 2 rings (SSSR count). The zero-order valence-electron chi connectivity index (χ0n) is 8.22. The highest BCUT2D eigenvalue weighted by Crippen LogP contribution is 2.23. The van der Waals surface area contributed by atoms with Crippen molar-refractivity contribution in [3.8, 4) is 0 Å². The Morgan fingerprint density at radius 2 is 2.27 bits per heavy atom. The third-order valence-corrected chi connectivity index (χ3v) is 3.40. The van der Waals surface area contributed by atoms with E-state index in [-0.39, 0.29) is 5.82 Å². The first-order chi connectivity index (χ1) is 7.16. The summed E-state index contributed by atoms with van der Waals surface area (Å²) < 4.78 is 27.1. The van der Waals surface area contributed by atoms with E-state index in [1.165, 1.54) is 6.07 Å². The summed E-state index contributed by atoms with van der Waals surface area (Å²) >= 11 is 3.31. The summed E-state index contributed by atoms with van der Waals surface area (Å²) in [5.74, 6) is -0.230. The highest BCUT2D eigenvalue weighted by atomic mass is 79.9. The Labute approximate surface area is 96.2 Å². The molecule has 1 atom stereocenters. The second-order valence-corrected chi connectivity index (χ2v) is 4.68. The minimum absolute atomic E-state index is 0.230. The Hall–Kier alpha value is -0.480. The fourth-order valence-electron chi connectivity index (χ4n) is 1.84. The van der Waals surface area contributed by atoms with Crippen molar-refractivity contribution in [1.29, 1.82) is 0 Å². The molecular formula is C11H12BrF2N. The molecule has 1 fully saturated rings. The normalized spacial score (nSPS) is 22.2. The lowest BCUT2D eigenvalue weighted by Gasteiger charge is -2.16. The Morgan fingerprint density at radius 3 is 2.87 bits per heavy atom. The van der Waals surface area contributed by atoms with Gasteiger partial charge in [0.2, 0.25) is 0 Å². The van der Waals surface area contributed by atoms with E-state index >= 15 is 0 Å². The molecule has 1 aliphatic heterocycles. The molecule has 0 saturated carbocycles. The first-order valence-corrected chi connectivity index (χ1v) is 5.75. The zero-order chi connectivity index (χ0) is 10.8. The largest absolute Gasteiger partial charge is 0.296 e. The van der Waals surface area contributed by atoms with Crippen molar-refractivity contribution >= 4 is 15.9 Å². The molecule has 0 aromatic heterocycles. The third kappa shape index (κ3) is 2.55. The molecule has 0 bridgehead atoms. The lowest BCUT2D eigenvalue weighted by Crippen LogP contribution is -2.21. The van der Waals surface area contributed by atoms with Crippen LogP contribution in [0.3, 0.4) is 0 Å². The van der Waals surface area contributed by atoms with Gasteiger partial charge in [0.15, 0.2) is 0 Å². The van der Waals surface area contributed by atoms with Gasteiger partial charge in [0.05, 0.1) is 0 Å². The van der Waals surface area contributed by atoms with Crippen molar-refractivity contribution in [2.24, 2.45) is 0 Å². The van der Waals surface area contributed by atoms with Crippen molar-refractivity contribution < 1.29 is 8.78 Å². The van der Waals surface area contributed by atoms with Crippen LogP contribution in [0.15, 0.2) is 22.7 Å². The molecular weight excluding hydrogens is 264 g/mol. The number of rotatable bonds is 2. The van der Waals surface area contributed by atoms with Gasteiger partial charge in [-0.3, -0.25) is 4.90 Å². The smallest absolute Gasteiger partial charge is 0.128 e. The average molecular weight is 276 g/mol. The summed E-state index contributed by atoms with van der Waals surface area (Å²) in [5, 5.41) is 0. The Bertz CT molecular complexity index is 336. The van der Waals surface area contributed by atoms with Crippen LogP contribution in [0.1, 0.15) is 12.0 Å². The van der Waals surface area contributed by atoms with Crippen LogP contribution in [0.25, 0.3) is 0 Å². The minimum Gasteiger partial charge on any atom is -0.296 e. The van der Waals surface area contributed by atoms with Gasteiger partial charge in [-0.05, 0) is 18.6 Å². The van der Waals surface area contributed by atoms with Gasteiger partial charge in [-0.15, -0.1) is 0 Å². The molecule has 1 aliphatic rings. The highest BCUT2D eigenvalue weighted by Gasteiger charge is 2.23. The van der Waals surface area contributed by atoms with Gasteiger partial charge in [0, 0.05) is 29.7 Å². The number of benzene rings is 1. The van der Waals surface area contributed by atoms with Crippen LogP contribution in [0.5, 0.6) is 0 Å². The first-order valence-electron chi connectivity index (χ1n) is 4.96. The van der Waals surface area contributed by atoms with Crippen LogP contribution in [-0.4, -0.2) is 24.2 Å². The maximum absolute atomic E-state index is 13.5. The standard InChI is InChI=1S/C11H12BrF2N/c12-10-2-1-3-11(14)9(10)7-15-5-4-8(13)6-15/h1-3,8H,4-7H2/t8-/m0/s1. The van der Waals surface area contributed by atoms with Crippen molar-refractivity contribution in [1.82, 2.24) is 4.90 Å². The predicted molar refractivity (Wildman–Crippen MR) is 58.9 cm³/mol. The van der Waals surface area contributed by atoms with E-state index < -0.39 is 6.17 Å². The van der Waals surface area contributed by atoms with Crippen molar-refractivity contribution in [3.05, 3.63) is 34.1 Å². The molecule has 0 aliphatic carbocycles. The molecule has 82 valence electrons. The molecule has 15 heavy (non-hydrogen) atoms. The number of alkyl halides is 1.